The van der Waals surface area contributed by atoms with E-state index in [2.05, 4.69) is 10.2 Å². The normalized spacial score (nSPS) is 14.3. The fourth-order valence-corrected chi connectivity index (χ4v) is 3.46. The molecule has 29 heavy (non-hydrogen) atoms. The van der Waals surface area contributed by atoms with Gasteiger partial charge >= 0.3 is 0 Å². The maximum Gasteiger partial charge on any atom is 0.279 e. The molecule has 0 radical (unpaired) electrons. The molecule has 1 heterocycles. The molecular weight excluding hydrogens is 376 g/mol. The molecule has 2 N–H and O–H groups in total. The van der Waals surface area contributed by atoms with Gasteiger partial charge in [0.25, 0.3) is 11.6 Å². The number of hydrogen-bond donors (Lipinski definition) is 2. The molecule has 0 unspecified atom stereocenters. The average molecular weight is 401 g/mol. The number of hydrogen-bond acceptors (Lipinski definition) is 6. The second-order valence-electron chi connectivity index (χ2n) is 6.78. The number of nitro benzene ring substituents is 1. The molecule has 0 aliphatic carbocycles. The summed E-state index contributed by atoms with van der Waals surface area (Å²) < 4.78 is 10.6. The Hall–Kier alpha value is -3.33. The first-order valence-electron chi connectivity index (χ1n) is 9.35. The summed E-state index contributed by atoms with van der Waals surface area (Å²) in [6, 6.07) is 12.0. The van der Waals surface area contributed by atoms with Crippen molar-refractivity contribution in [1.82, 2.24) is 0 Å². The van der Waals surface area contributed by atoms with Crippen molar-refractivity contribution >= 4 is 23.0 Å². The lowest BCUT2D eigenvalue weighted by Crippen LogP contribution is -3.15. The minimum Gasteiger partial charge on any atom is -0.495 e. The van der Waals surface area contributed by atoms with Crippen LogP contribution in [0.1, 0.15) is 0 Å². The maximum absolute atomic E-state index is 12.5. The van der Waals surface area contributed by atoms with Crippen LogP contribution in [0.3, 0.4) is 0 Å². The van der Waals surface area contributed by atoms with Gasteiger partial charge in [0, 0.05) is 12.1 Å². The Balaban J connectivity index is 1.58. The minimum atomic E-state index is -0.503. The maximum atomic E-state index is 12.5. The summed E-state index contributed by atoms with van der Waals surface area (Å²) >= 11 is 0. The molecular formula is C20H25N4O5+. The number of carbonyl (C=O) groups is 1. The molecule has 0 bridgehead atoms. The van der Waals surface area contributed by atoms with Gasteiger partial charge in [0.1, 0.15) is 11.5 Å². The fourth-order valence-electron chi connectivity index (χ4n) is 3.46. The third-order valence-corrected chi connectivity index (χ3v) is 4.97. The number of para-hydroxylation sites is 2. The van der Waals surface area contributed by atoms with Gasteiger partial charge < -0.3 is 24.6 Å². The first kappa shape index (κ1) is 20.4. The van der Waals surface area contributed by atoms with Crippen LogP contribution in [0.5, 0.6) is 11.5 Å². The van der Waals surface area contributed by atoms with Crippen LogP contribution in [0.25, 0.3) is 0 Å². The summed E-state index contributed by atoms with van der Waals surface area (Å²) in [7, 11) is 3.12. The summed E-state index contributed by atoms with van der Waals surface area (Å²) in [6.45, 7) is 3.51. The Morgan fingerprint density at radius 1 is 1.14 bits per heavy atom. The lowest BCUT2D eigenvalue weighted by Gasteiger charge is -2.34. The van der Waals surface area contributed by atoms with Crippen LogP contribution in [0.15, 0.2) is 42.5 Å². The van der Waals surface area contributed by atoms with E-state index in [1.807, 2.05) is 24.3 Å². The summed E-state index contributed by atoms with van der Waals surface area (Å²) in [4.78, 5) is 26.4. The van der Waals surface area contributed by atoms with Crippen molar-refractivity contribution in [3.8, 4) is 11.5 Å². The van der Waals surface area contributed by atoms with Gasteiger partial charge in [-0.2, -0.15) is 0 Å². The third kappa shape index (κ3) is 4.94. The quantitative estimate of drug-likeness (QED) is 0.530. The van der Waals surface area contributed by atoms with Crippen molar-refractivity contribution in [3.63, 3.8) is 0 Å². The van der Waals surface area contributed by atoms with Crippen LogP contribution < -0.4 is 24.6 Å². The Morgan fingerprint density at radius 3 is 2.48 bits per heavy atom. The number of anilines is 2. The summed E-state index contributed by atoms with van der Waals surface area (Å²) in [6.07, 6.45) is 0. The number of amides is 1. The van der Waals surface area contributed by atoms with Crippen LogP contribution in [-0.4, -0.2) is 57.8 Å². The molecule has 0 atom stereocenters. The molecule has 2 aromatic rings. The highest BCUT2D eigenvalue weighted by Gasteiger charge is 2.24. The minimum absolute atomic E-state index is 0.0983. The van der Waals surface area contributed by atoms with Crippen molar-refractivity contribution in [2.45, 2.75) is 0 Å². The number of nitrogens with one attached hydrogen (secondary N) is 2. The number of nitro groups is 1. The Bertz CT molecular complexity index is 881. The van der Waals surface area contributed by atoms with Gasteiger partial charge in [0.15, 0.2) is 6.54 Å². The molecule has 154 valence electrons. The van der Waals surface area contributed by atoms with E-state index < -0.39 is 4.92 Å². The van der Waals surface area contributed by atoms with Gasteiger partial charge in [0.2, 0.25) is 0 Å². The van der Waals surface area contributed by atoms with Crippen LogP contribution in [0.2, 0.25) is 0 Å². The second-order valence-corrected chi connectivity index (χ2v) is 6.78. The monoisotopic (exact) mass is 401 g/mol. The Kier molecular flexibility index (Phi) is 6.50. The van der Waals surface area contributed by atoms with E-state index >= 15 is 0 Å². The van der Waals surface area contributed by atoms with Gasteiger partial charge in [-0.3, -0.25) is 14.9 Å². The molecule has 0 aromatic heterocycles. The topological polar surface area (TPSA) is 98.4 Å². The van der Waals surface area contributed by atoms with Gasteiger partial charge in [0.05, 0.1) is 56.7 Å². The zero-order valence-electron chi connectivity index (χ0n) is 16.5. The fraction of sp³-hybridized carbons (Fsp3) is 0.350. The number of ether oxygens (including phenoxy) is 2. The third-order valence-electron chi connectivity index (χ3n) is 4.97. The van der Waals surface area contributed by atoms with Crippen molar-refractivity contribution in [3.05, 3.63) is 52.6 Å². The zero-order valence-corrected chi connectivity index (χ0v) is 16.5. The van der Waals surface area contributed by atoms with Crippen molar-refractivity contribution in [2.24, 2.45) is 0 Å². The van der Waals surface area contributed by atoms with Crippen LogP contribution in [0.4, 0.5) is 17.1 Å². The first-order valence-corrected chi connectivity index (χ1v) is 9.35. The Labute approximate surface area is 169 Å². The number of nitrogens with zero attached hydrogens (tertiary/aromatic N) is 2. The van der Waals surface area contributed by atoms with Crippen molar-refractivity contribution in [2.75, 3.05) is 57.2 Å². The van der Waals surface area contributed by atoms with Gasteiger partial charge in [-0.25, -0.2) is 0 Å². The van der Waals surface area contributed by atoms with Crippen LogP contribution in [-0.2, 0) is 4.79 Å². The summed E-state index contributed by atoms with van der Waals surface area (Å²) in [5.74, 6) is 1.02. The Morgan fingerprint density at radius 2 is 1.83 bits per heavy atom. The van der Waals surface area contributed by atoms with Gasteiger partial charge in [-0.1, -0.05) is 12.1 Å². The molecule has 1 aliphatic rings. The molecule has 9 nitrogen and oxygen atoms in total. The lowest BCUT2D eigenvalue weighted by atomic mass is 10.2. The van der Waals surface area contributed by atoms with E-state index in [0.29, 0.717) is 11.4 Å². The highest BCUT2D eigenvalue weighted by Crippen LogP contribution is 2.29. The number of non-ortho nitro benzene ring substituents is 1. The smallest absolute Gasteiger partial charge is 0.279 e. The van der Waals surface area contributed by atoms with Crippen molar-refractivity contribution < 1.29 is 24.1 Å². The molecule has 1 saturated heterocycles. The van der Waals surface area contributed by atoms with E-state index in [1.54, 1.807) is 7.11 Å². The standard InChI is InChI=1S/C20H24N4O5/c1-28-18-8-7-15(24(26)27)13-16(18)21-20(25)14-22-9-11-23(12-10-22)17-5-3-4-6-19(17)29-2/h3-8,13H,9-12,14H2,1-2H3,(H,21,25)/p+1. The van der Waals surface area contributed by atoms with E-state index in [0.717, 1.165) is 42.5 Å². The van der Waals surface area contributed by atoms with Crippen LogP contribution >= 0.6 is 0 Å². The molecule has 2 aromatic carbocycles. The summed E-state index contributed by atoms with van der Waals surface area (Å²) in [5.41, 5.74) is 1.26. The number of rotatable bonds is 7. The predicted molar refractivity (Wildman–Crippen MR) is 109 cm³/mol. The largest absolute Gasteiger partial charge is 0.495 e. The van der Waals surface area contributed by atoms with Crippen molar-refractivity contribution in [1.29, 1.82) is 0 Å². The lowest BCUT2D eigenvalue weighted by molar-refractivity contribution is -0.892. The van der Waals surface area contributed by atoms with Gasteiger partial charge in [-0.05, 0) is 18.2 Å². The number of carbonyl (C=O) groups excluding carboxylic acids is 1. The number of piperazine rings is 1. The van der Waals surface area contributed by atoms with E-state index in [9.17, 15) is 14.9 Å². The highest BCUT2D eigenvalue weighted by molar-refractivity contribution is 5.93. The van der Waals surface area contributed by atoms with E-state index in [-0.39, 0.29) is 18.1 Å². The number of methoxy groups -OCH3 is 2. The predicted octanol–water partition coefficient (Wildman–Crippen LogP) is 0.956. The molecule has 1 amide bonds. The number of benzene rings is 2. The SMILES string of the molecule is COc1ccc([N+](=O)[O-])cc1NC(=O)C[NH+]1CCN(c2ccccc2OC)CC1. The highest BCUT2D eigenvalue weighted by atomic mass is 16.6. The van der Waals surface area contributed by atoms with Gasteiger partial charge in [-0.15, -0.1) is 0 Å². The van der Waals surface area contributed by atoms with Crippen LogP contribution in [0, 0.1) is 10.1 Å². The molecule has 0 spiro atoms. The molecule has 1 aliphatic heterocycles. The molecule has 1 fully saturated rings. The zero-order chi connectivity index (χ0) is 20.8. The summed E-state index contributed by atoms with van der Waals surface area (Å²) in [5, 5.41) is 13.7. The van der Waals surface area contributed by atoms with E-state index in [4.69, 9.17) is 9.47 Å². The molecule has 9 heteroatoms. The van der Waals surface area contributed by atoms with E-state index in [1.165, 1.54) is 25.3 Å². The number of quaternary nitrogens is 1. The second kappa shape index (κ2) is 9.24. The first-order chi connectivity index (χ1) is 14.0. The molecule has 3 rings (SSSR count). The molecule has 0 saturated carbocycles. The average Bonchev–Trinajstić information content (AvgIpc) is 2.74.